The summed E-state index contributed by atoms with van der Waals surface area (Å²) >= 11 is 1.23. The summed E-state index contributed by atoms with van der Waals surface area (Å²) < 4.78 is 16.1. The molecule has 0 spiro atoms. The normalized spacial score (nSPS) is 11.7. The van der Waals surface area contributed by atoms with Gasteiger partial charge in [-0.2, -0.15) is 4.99 Å². The van der Waals surface area contributed by atoms with Crippen molar-refractivity contribution in [2.24, 2.45) is 4.99 Å². The summed E-state index contributed by atoms with van der Waals surface area (Å²) in [5.74, 6) is 1.83. The van der Waals surface area contributed by atoms with E-state index in [1.807, 2.05) is 54.6 Å². The summed E-state index contributed by atoms with van der Waals surface area (Å²) in [7, 11) is 0. The number of thiazole rings is 1. The highest BCUT2D eigenvalue weighted by atomic mass is 32.1. The molecular formula is C26H16FN3OS. The number of rotatable bonds is 3. The van der Waals surface area contributed by atoms with Crippen molar-refractivity contribution in [1.29, 1.82) is 0 Å². The quantitative estimate of drug-likeness (QED) is 0.353. The van der Waals surface area contributed by atoms with E-state index in [1.54, 1.807) is 16.7 Å². The van der Waals surface area contributed by atoms with E-state index >= 15 is 0 Å². The maximum Gasteiger partial charge on any atom is 0.280 e. The first kappa shape index (κ1) is 19.9. The lowest BCUT2D eigenvalue weighted by Gasteiger charge is -2.07. The molecule has 2 heterocycles. The molecule has 154 valence electrons. The third kappa shape index (κ3) is 3.59. The first-order chi connectivity index (χ1) is 15.6. The summed E-state index contributed by atoms with van der Waals surface area (Å²) in [6, 6.07) is 23.4. The summed E-state index contributed by atoms with van der Waals surface area (Å²) in [6.45, 7) is 0.226. The lowest BCUT2D eigenvalue weighted by Crippen LogP contribution is -2.16. The maximum absolute atomic E-state index is 13.7. The fraction of sp³-hybridized carbons (Fsp3) is 0.0385. The maximum atomic E-state index is 13.7. The van der Waals surface area contributed by atoms with Crippen LogP contribution in [-0.2, 0) is 6.54 Å². The third-order valence-corrected chi connectivity index (χ3v) is 6.15. The van der Waals surface area contributed by atoms with Crippen molar-refractivity contribution >= 4 is 38.4 Å². The largest absolute Gasteiger partial charge is 0.305 e. The van der Waals surface area contributed by atoms with Gasteiger partial charge in [-0.3, -0.25) is 4.79 Å². The molecule has 0 aliphatic carbocycles. The number of nitrogens with zero attached hydrogens (tertiary/aromatic N) is 3. The van der Waals surface area contributed by atoms with Crippen LogP contribution in [-0.4, -0.2) is 15.5 Å². The van der Waals surface area contributed by atoms with Gasteiger partial charge in [-0.25, -0.2) is 9.37 Å². The molecule has 1 amide bonds. The summed E-state index contributed by atoms with van der Waals surface area (Å²) in [4.78, 5) is 22.9. The topological polar surface area (TPSA) is 47.2 Å². The average Bonchev–Trinajstić information content (AvgIpc) is 3.15. The molecule has 5 rings (SSSR count). The second-order valence-electron chi connectivity index (χ2n) is 7.14. The van der Waals surface area contributed by atoms with Gasteiger partial charge in [0.1, 0.15) is 5.82 Å². The van der Waals surface area contributed by atoms with Gasteiger partial charge in [0.05, 0.1) is 33.5 Å². The lowest BCUT2D eigenvalue weighted by atomic mass is 10.0. The predicted octanol–water partition coefficient (Wildman–Crippen LogP) is 5.43. The number of hydrogen-bond donors (Lipinski definition) is 0. The summed E-state index contributed by atoms with van der Waals surface area (Å²) in [5.41, 5.74) is 3.50. The van der Waals surface area contributed by atoms with Gasteiger partial charge < -0.3 is 4.57 Å². The van der Waals surface area contributed by atoms with Gasteiger partial charge in [0.15, 0.2) is 4.80 Å². The van der Waals surface area contributed by atoms with Gasteiger partial charge in [0.2, 0.25) is 0 Å². The number of benzene rings is 3. The van der Waals surface area contributed by atoms with Crippen LogP contribution in [0.4, 0.5) is 4.39 Å². The van der Waals surface area contributed by atoms with Crippen molar-refractivity contribution in [3.63, 3.8) is 0 Å². The van der Waals surface area contributed by atoms with Crippen molar-refractivity contribution in [1.82, 2.24) is 9.55 Å². The Hall–Kier alpha value is -4.08. The third-order valence-electron chi connectivity index (χ3n) is 5.11. The predicted molar refractivity (Wildman–Crippen MR) is 126 cm³/mol. The van der Waals surface area contributed by atoms with Gasteiger partial charge >= 0.3 is 0 Å². The zero-order valence-corrected chi connectivity index (χ0v) is 17.6. The molecule has 3 aromatic carbocycles. The molecule has 6 heteroatoms. The average molecular weight is 437 g/mol. The number of aromatic nitrogens is 2. The minimum Gasteiger partial charge on any atom is -0.305 e. The molecular weight excluding hydrogens is 421 g/mol. The molecule has 0 unspecified atom stereocenters. The molecule has 0 bridgehead atoms. The molecule has 0 fully saturated rings. The van der Waals surface area contributed by atoms with Crippen LogP contribution >= 0.6 is 11.3 Å². The first-order valence-electron chi connectivity index (χ1n) is 9.90. The van der Waals surface area contributed by atoms with Crippen molar-refractivity contribution in [2.75, 3.05) is 0 Å². The van der Waals surface area contributed by atoms with E-state index in [9.17, 15) is 9.18 Å². The second kappa shape index (κ2) is 8.22. The SMILES string of the molecule is C#CCn1c(=NC(=O)c2cc(-c3ccccc3)nc3ccccc23)sc2cc(F)ccc21. The fourth-order valence-corrected chi connectivity index (χ4v) is 4.69. The number of amides is 1. The Kier molecular flexibility index (Phi) is 5.10. The van der Waals surface area contributed by atoms with Crippen molar-refractivity contribution in [2.45, 2.75) is 6.54 Å². The van der Waals surface area contributed by atoms with Crippen LogP contribution in [0.2, 0.25) is 0 Å². The molecule has 2 aromatic heterocycles. The highest BCUT2D eigenvalue weighted by Crippen LogP contribution is 2.25. The van der Waals surface area contributed by atoms with Crippen molar-refractivity contribution in [3.05, 3.63) is 95.0 Å². The molecule has 32 heavy (non-hydrogen) atoms. The number of halogens is 1. The molecule has 0 aliphatic heterocycles. The standard InChI is InChI=1S/C26H16FN3OS/c1-2-14-30-23-13-12-18(27)15-24(23)32-26(30)29-25(31)20-16-22(17-8-4-3-5-9-17)28-21-11-7-6-10-19(20)21/h1,3-13,15-16H,14H2. The van der Waals surface area contributed by atoms with Crippen molar-refractivity contribution < 1.29 is 9.18 Å². The van der Waals surface area contributed by atoms with E-state index in [-0.39, 0.29) is 12.4 Å². The van der Waals surface area contributed by atoms with Gasteiger partial charge in [0, 0.05) is 10.9 Å². The van der Waals surface area contributed by atoms with Crippen LogP contribution in [0.25, 0.3) is 32.4 Å². The number of pyridine rings is 1. The first-order valence-corrected chi connectivity index (χ1v) is 10.7. The van der Waals surface area contributed by atoms with E-state index in [0.717, 1.165) is 16.5 Å². The molecule has 0 atom stereocenters. The zero-order chi connectivity index (χ0) is 22.1. The number of fused-ring (bicyclic) bond motifs is 2. The van der Waals surface area contributed by atoms with E-state index in [2.05, 4.69) is 10.9 Å². The molecule has 0 saturated heterocycles. The Morgan fingerprint density at radius 3 is 2.66 bits per heavy atom. The molecule has 0 radical (unpaired) electrons. The number of para-hydroxylation sites is 1. The minimum absolute atomic E-state index is 0.226. The highest BCUT2D eigenvalue weighted by molar-refractivity contribution is 7.16. The number of carbonyl (C=O) groups is 1. The molecule has 0 saturated carbocycles. The zero-order valence-electron chi connectivity index (χ0n) is 16.8. The lowest BCUT2D eigenvalue weighted by molar-refractivity contribution is 0.0999. The fourth-order valence-electron chi connectivity index (χ4n) is 3.63. The second-order valence-corrected chi connectivity index (χ2v) is 8.15. The van der Waals surface area contributed by atoms with Crippen LogP contribution in [0.5, 0.6) is 0 Å². The molecule has 5 aromatic rings. The van der Waals surface area contributed by atoms with E-state index in [1.165, 1.54) is 23.5 Å². The monoisotopic (exact) mass is 437 g/mol. The Morgan fingerprint density at radius 2 is 1.84 bits per heavy atom. The van der Waals surface area contributed by atoms with E-state index in [4.69, 9.17) is 11.4 Å². The number of terminal acetylenes is 1. The molecule has 0 N–H and O–H groups in total. The van der Waals surface area contributed by atoms with E-state index < -0.39 is 5.91 Å². The Morgan fingerprint density at radius 1 is 1.06 bits per heavy atom. The highest BCUT2D eigenvalue weighted by Gasteiger charge is 2.15. The minimum atomic E-state index is -0.404. The van der Waals surface area contributed by atoms with Gasteiger partial charge in [-0.05, 0) is 30.3 Å². The molecule has 4 nitrogen and oxygen atoms in total. The van der Waals surface area contributed by atoms with E-state index in [0.29, 0.717) is 26.3 Å². The Bertz CT molecular complexity index is 1590. The molecule has 0 aliphatic rings. The summed E-state index contributed by atoms with van der Waals surface area (Å²) in [6.07, 6.45) is 5.53. The van der Waals surface area contributed by atoms with Crippen molar-refractivity contribution in [3.8, 4) is 23.6 Å². The van der Waals surface area contributed by atoms with Crippen LogP contribution in [0.3, 0.4) is 0 Å². The van der Waals surface area contributed by atoms with Crippen LogP contribution in [0.1, 0.15) is 10.4 Å². The number of hydrogen-bond acceptors (Lipinski definition) is 3. The van der Waals surface area contributed by atoms with Crippen LogP contribution < -0.4 is 4.80 Å². The van der Waals surface area contributed by atoms with Gasteiger partial charge in [0.25, 0.3) is 5.91 Å². The van der Waals surface area contributed by atoms with Crippen LogP contribution in [0.15, 0.2) is 83.9 Å². The smallest absolute Gasteiger partial charge is 0.280 e. The van der Waals surface area contributed by atoms with Gasteiger partial charge in [-0.15, -0.1) is 6.42 Å². The summed E-state index contributed by atoms with van der Waals surface area (Å²) in [5, 5.41) is 0.719. The number of carbonyl (C=O) groups excluding carboxylic acids is 1. The van der Waals surface area contributed by atoms with Gasteiger partial charge in [-0.1, -0.05) is 65.8 Å². The Labute approximate surface area is 187 Å². The van der Waals surface area contributed by atoms with Crippen LogP contribution in [0, 0.1) is 18.2 Å². The Balaban J connectivity index is 1.72.